The van der Waals surface area contributed by atoms with Gasteiger partial charge in [0.1, 0.15) is 5.88 Å². The third-order valence-electron chi connectivity index (χ3n) is 2.45. The number of nitrogens with one attached hydrogen (secondary N) is 2. The van der Waals surface area contributed by atoms with Gasteiger partial charge in [0.2, 0.25) is 15.9 Å². The predicted octanol–water partition coefficient (Wildman–Crippen LogP) is 1.30. The van der Waals surface area contributed by atoms with Gasteiger partial charge in [-0.05, 0) is 31.0 Å². The second-order valence-electron chi connectivity index (χ2n) is 4.11. The summed E-state index contributed by atoms with van der Waals surface area (Å²) in [5, 5.41) is 2.51. The molecule has 0 bridgehead atoms. The Morgan fingerprint density at radius 1 is 1.39 bits per heavy atom. The highest BCUT2D eigenvalue weighted by Crippen LogP contribution is 2.23. The van der Waals surface area contributed by atoms with E-state index in [1.807, 2.05) is 0 Å². The highest BCUT2D eigenvalue weighted by Gasteiger charge is 2.27. The first-order valence-electron chi connectivity index (χ1n) is 5.49. The average molecular weight is 289 g/mol. The molecule has 0 spiro atoms. The lowest BCUT2D eigenvalue weighted by Gasteiger charge is -2.08. The van der Waals surface area contributed by atoms with Crippen LogP contribution in [-0.4, -0.2) is 26.2 Å². The fourth-order valence-corrected chi connectivity index (χ4v) is 2.84. The van der Waals surface area contributed by atoms with E-state index < -0.39 is 10.0 Å². The van der Waals surface area contributed by atoms with Gasteiger partial charge in [0, 0.05) is 11.7 Å². The number of alkyl halides is 1. The number of carbonyl (C=O) groups excluding carboxylic acids is 1. The van der Waals surface area contributed by atoms with E-state index in [2.05, 4.69) is 10.0 Å². The summed E-state index contributed by atoms with van der Waals surface area (Å²) in [7, 11) is -3.50. The summed E-state index contributed by atoms with van der Waals surface area (Å²) in [6, 6.07) is 6.14. The van der Waals surface area contributed by atoms with Gasteiger partial charge in [-0.25, -0.2) is 13.1 Å². The Balaban J connectivity index is 2.17. The number of hydrogen-bond acceptors (Lipinski definition) is 3. The summed E-state index contributed by atoms with van der Waals surface area (Å²) < 4.78 is 26.5. The third kappa shape index (κ3) is 3.44. The molecule has 5 nitrogen and oxygen atoms in total. The first kappa shape index (κ1) is 13.3. The van der Waals surface area contributed by atoms with Gasteiger partial charge in [-0.1, -0.05) is 6.07 Å². The maximum atomic E-state index is 11.9. The molecule has 1 fully saturated rings. The molecule has 18 heavy (non-hydrogen) atoms. The smallest absolute Gasteiger partial charge is 0.240 e. The summed E-state index contributed by atoms with van der Waals surface area (Å²) in [6.45, 7) is 0. The molecule has 0 aromatic heterocycles. The Hall–Kier alpha value is -1.11. The van der Waals surface area contributed by atoms with Crippen molar-refractivity contribution in [3.05, 3.63) is 24.3 Å². The van der Waals surface area contributed by atoms with Crippen LogP contribution in [0.5, 0.6) is 0 Å². The lowest BCUT2D eigenvalue weighted by atomic mass is 10.3. The summed E-state index contributed by atoms with van der Waals surface area (Å²) in [5.41, 5.74) is 0.416. The van der Waals surface area contributed by atoms with Crippen LogP contribution in [0.1, 0.15) is 12.8 Å². The van der Waals surface area contributed by atoms with Gasteiger partial charge in [0.05, 0.1) is 4.90 Å². The number of halogens is 1. The van der Waals surface area contributed by atoms with Gasteiger partial charge in [0.15, 0.2) is 0 Å². The topological polar surface area (TPSA) is 75.3 Å². The molecule has 0 saturated heterocycles. The predicted molar refractivity (Wildman–Crippen MR) is 69.1 cm³/mol. The largest absolute Gasteiger partial charge is 0.325 e. The summed E-state index contributed by atoms with van der Waals surface area (Å²) in [5.74, 6) is -0.543. The molecule has 1 aromatic carbocycles. The van der Waals surface area contributed by atoms with Crippen molar-refractivity contribution in [3.8, 4) is 0 Å². The van der Waals surface area contributed by atoms with Gasteiger partial charge in [0.25, 0.3) is 0 Å². The fourth-order valence-electron chi connectivity index (χ4n) is 1.42. The van der Waals surface area contributed by atoms with Crippen LogP contribution in [0, 0.1) is 0 Å². The van der Waals surface area contributed by atoms with Crippen LogP contribution in [0.2, 0.25) is 0 Å². The van der Waals surface area contributed by atoms with Gasteiger partial charge >= 0.3 is 0 Å². The molecule has 0 heterocycles. The molecule has 0 aliphatic heterocycles. The molecule has 0 atom stereocenters. The van der Waals surface area contributed by atoms with Crippen molar-refractivity contribution >= 4 is 33.2 Å². The van der Waals surface area contributed by atoms with Crippen LogP contribution in [0.25, 0.3) is 0 Å². The van der Waals surface area contributed by atoms with Gasteiger partial charge in [-0.15, -0.1) is 11.6 Å². The second-order valence-corrected chi connectivity index (χ2v) is 6.09. The van der Waals surface area contributed by atoms with E-state index in [4.69, 9.17) is 11.6 Å². The molecule has 2 rings (SSSR count). The number of carbonyl (C=O) groups is 1. The molecular formula is C11H13ClN2O3S. The van der Waals surface area contributed by atoms with Crippen LogP contribution in [0.4, 0.5) is 5.69 Å². The lowest BCUT2D eigenvalue weighted by molar-refractivity contribution is -0.113. The normalized spacial score (nSPS) is 15.4. The monoisotopic (exact) mass is 288 g/mol. The minimum absolute atomic E-state index is 0.0519. The zero-order valence-corrected chi connectivity index (χ0v) is 11.1. The number of amides is 1. The van der Waals surface area contributed by atoms with Crippen molar-refractivity contribution < 1.29 is 13.2 Å². The number of hydrogen-bond donors (Lipinski definition) is 2. The van der Waals surface area contributed by atoms with Crippen LogP contribution in [0.3, 0.4) is 0 Å². The van der Waals surface area contributed by atoms with Crippen molar-refractivity contribution in [3.63, 3.8) is 0 Å². The first-order valence-corrected chi connectivity index (χ1v) is 7.51. The quantitative estimate of drug-likeness (QED) is 0.802. The zero-order valence-electron chi connectivity index (χ0n) is 9.52. The summed E-state index contributed by atoms with van der Waals surface area (Å²) in [4.78, 5) is 11.3. The molecule has 1 aromatic rings. The molecule has 0 unspecified atom stereocenters. The molecule has 2 N–H and O–H groups in total. The van der Waals surface area contributed by atoms with Gasteiger partial charge < -0.3 is 5.32 Å². The zero-order chi connectivity index (χ0) is 13.2. The fraction of sp³-hybridized carbons (Fsp3) is 0.364. The van der Waals surface area contributed by atoms with Crippen LogP contribution in [0.15, 0.2) is 29.2 Å². The Labute approximate surface area is 111 Å². The van der Waals surface area contributed by atoms with Crippen LogP contribution in [-0.2, 0) is 14.8 Å². The molecule has 0 radical (unpaired) electrons. The van der Waals surface area contributed by atoms with E-state index in [0.29, 0.717) is 5.69 Å². The Morgan fingerprint density at radius 3 is 2.72 bits per heavy atom. The molecule has 7 heteroatoms. The van der Waals surface area contributed by atoms with E-state index in [9.17, 15) is 13.2 Å². The number of benzene rings is 1. The van der Waals surface area contributed by atoms with E-state index in [0.717, 1.165) is 12.8 Å². The van der Waals surface area contributed by atoms with Gasteiger partial charge in [-0.2, -0.15) is 0 Å². The minimum Gasteiger partial charge on any atom is -0.325 e. The first-order chi connectivity index (χ1) is 8.51. The number of rotatable bonds is 5. The van der Waals surface area contributed by atoms with Crippen molar-refractivity contribution in [1.82, 2.24) is 4.72 Å². The SMILES string of the molecule is O=C(CCl)Nc1cccc(S(=O)(=O)NC2CC2)c1. The molecular weight excluding hydrogens is 276 g/mol. The Morgan fingerprint density at radius 2 is 2.11 bits per heavy atom. The van der Waals surface area contributed by atoms with Crippen molar-refractivity contribution in [1.29, 1.82) is 0 Å². The number of sulfonamides is 1. The van der Waals surface area contributed by atoms with E-state index in [1.165, 1.54) is 12.1 Å². The van der Waals surface area contributed by atoms with Gasteiger partial charge in [-0.3, -0.25) is 4.79 Å². The molecule has 1 saturated carbocycles. The van der Waals surface area contributed by atoms with E-state index in [-0.39, 0.29) is 22.7 Å². The molecule has 98 valence electrons. The minimum atomic E-state index is -3.50. The highest BCUT2D eigenvalue weighted by atomic mass is 35.5. The molecule has 1 amide bonds. The Bertz CT molecular complexity index is 555. The summed E-state index contributed by atoms with van der Waals surface area (Å²) in [6.07, 6.45) is 1.75. The average Bonchev–Trinajstić information content (AvgIpc) is 3.12. The lowest BCUT2D eigenvalue weighted by Crippen LogP contribution is -2.25. The standard InChI is InChI=1S/C11H13ClN2O3S/c12-7-11(15)13-9-2-1-3-10(6-9)18(16,17)14-8-4-5-8/h1-3,6,8,14H,4-5,7H2,(H,13,15). The highest BCUT2D eigenvalue weighted by molar-refractivity contribution is 7.89. The van der Waals surface area contributed by atoms with Crippen LogP contribution < -0.4 is 10.0 Å². The molecule has 1 aliphatic carbocycles. The molecule has 1 aliphatic rings. The third-order valence-corrected chi connectivity index (χ3v) is 4.21. The number of anilines is 1. The second kappa shape index (κ2) is 5.26. The van der Waals surface area contributed by atoms with Crippen molar-refractivity contribution in [2.45, 2.75) is 23.8 Å². The van der Waals surface area contributed by atoms with E-state index in [1.54, 1.807) is 12.1 Å². The Kier molecular flexibility index (Phi) is 3.89. The van der Waals surface area contributed by atoms with Crippen molar-refractivity contribution in [2.75, 3.05) is 11.2 Å². The maximum Gasteiger partial charge on any atom is 0.240 e. The van der Waals surface area contributed by atoms with E-state index >= 15 is 0 Å². The summed E-state index contributed by atoms with van der Waals surface area (Å²) >= 11 is 5.37. The van der Waals surface area contributed by atoms with Crippen molar-refractivity contribution in [2.24, 2.45) is 0 Å². The van der Waals surface area contributed by atoms with Crippen LogP contribution >= 0.6 is 11.6 Å². The maximum absolute atomic E-state index is 11.9.